The summed E-state index contributed by atoms with van der Waals surface area (Å²) < 4.78 is 12.9. The molecule has 18 heavy (non-hydrogen) atoms. The third kappa shape index (κ3) is 2.82. The molecular formula is C13H16ClFN2O. The first-order valence-corrected chi connectivity index (χ1v) is 6.40. The summed E-state index contributed by atoms with van der Waals surface area (Å²) in [5.74, 6) is -0.591. The second-order valence-corrected chi connectivity index (χ2v) is 4.95. The van der Waals surface area contributed by atoms with Gasteiger partial charge in [0.25, 0.3) is 5.91 Å². The Kier molecular flexibility index (Phi) is 4.19. The van der Waals surface area contributed by atoms with Crippen LogP contribution >= 0.6 is 11.6 Å². The van der Waals surface area contributed by atoms with Crippen LogP contribution < -0.4 is 5.32 Å². The van der Waals surface area contributed by atoms with Crippen LogP contribution in [0.3, 0.4) is 0 Å². The highest BCUT2D eigenvalue weighted by molar-refractivity contribution is 6.33. The van der Waals surface area contributed by atoms with E-state index in [-0.39, 0.29) is 17.0 Å². The summed E-state index contributed by atoms with van der Waals surface area (Å²) in [6.07, 6.45) is 2.04. The van der Waals surface area contributed by atoms with Gasteiger partial charge in [-0.15, -0.1) is 0 Å². The van der Waals surface area contributed by atoms with Crippen LogP contribution in [-0.2, 0) is 0 Å². The van der Waals surface area contributed by atoms with Gasteiger partial charge in [0.05, 0.1) is 10.6 Å². The molecule has 1 unspecified atom stereocenters. The summed E-state index contributed by atoms with van der Waals surface area (Å²) in [5.41, 5.74) is 0.353. The van der Waals surface area contributed by atoms with Crippen LogP contribution in [0.2, 0.25) is 5.02 Å². The first-order valence-electron chi connectivity index (χ1n) is 6.02. The number of nitrogens with one attached hydrogen (secondary N) is 1. The molecular weight excluding hydrogens is 255 g/mol. The van der Waals surface area contributed by atoms with Crippen LogP contribution in [0, 0.1) is 5.82 Å². The second-order valence-electron chi connectivity index (χ2n) is 4.54. The van der Waals surface area contributed by atoms with Gasteiger partial charge in [-0.25, -0.2) is 4.39 Å². The molecule has 0 bridgehead atoms. The average molecular weight is 271 g/mol. The summed E-state index contributed by atoms with van der Waals surface area (Å²) in [5, 5.41) is 3.42. The molecule has 0 saturated carbocycles. The number of rotatable bonds is 2. The Morgan fingerprint density at radius 2 is 2.33 bits per heavy atom. The van der Waals surface area contributed by atoms with E-state index in [9.17, 15) is 9.18 Å². The highest BCUT2D eigenvalue weighted by Crippen LogP contribution is 2.20. The smallest absolute Gasteiger partial charge is 0.255 e. The summed E-state index contributed by atoms with van der Waals surface area (Å²) in [6.45, 7) is 1.79. The molecule has 3 nitrogen and oxygen atoms in total. The number of hydrogen-bond acceptors (Lipinski definition) is 2. The zero-order chi connectivity index (χ0) is 13.1. The SMILES string of the molecule is CN(C(=O)c1ccc(F)cc1Cl)C1CCCNC1. The Labute approximate surface area is 111 Å². The van der Waals surface area contributed by atoms with Crippen molar-refractivity contribution in [2.24, 2.45) is 0 Å². The van der Waals surface area contributed by atoms with Gasteiger partial charge in [-0.1, -0.05) is 11.6 Å². The van der Waals surface area contributed by atoms with Crippen molar-refractivity contribution in [1.82, 2.24) is 10.2 Å². The van der Waals surface area contributed by atoms with Crippen molar-refractivity contribution in [3.8, 4) is 0 Å². The lowest BCUT2D eigenvalue weighted by atomic mass is 10.1. The predicted octanol–water partition coefficient (Wildman–Crippen LogP) is 2.30. The highest BCUT2D eigenvalue weighted by Gasteiger charge is 2.24. The molecule has 5 heteroatoms. The number of likely N-dealkylation sites (N-methyl/N-ethyl adjacent to an activating group) is 1. The molecule has 0 radical (unpaired) electrons. The number of halogens is 2. The lowest BCUT2D eigenvalue weighted by Crippen LogP contribution is -2.46. The van der Waals surface area contributed by atoms with Gasteiger partial charge < -0.3 is 10.2 Å². The Balaban J connectivity index is 2.14. The van der Waals surface area contributed by atoms with Gasteiger partial charge in [0.2, 0.25) is 0 Å². The molecule has 1 aromatic rings. The van der Waals surface area contributed by atoms with Crippen molar-refractivity contribution < 1.29 is 9.18 Å². The number of carbonyl (C=O) groups excluding carboxylic acids is 1. The largest absolute Gasteiger partial charge is 0.337 e. The topological polar surface area (TPSA) is 32.3 Å². The van der Waals surface area contributed by atoms with E-state index in [0.717, 1.165) is 25.9 Å². The van der Waals surface area contributed by atoms with Crippen molar-refractivity contribution in [3.05, 3.63) is 34.6 Å². The molecule has 1 heterocycles. The molecule has 1 aliphatic rings. The van der Waals surface area contributed by atoms with E-state index in [1.807, 2.05) is 0 Å². The number of carbonyl (C=O) groups is 1. The van der Waals surface area contributed by atoms with Crippen molar-refractivity contribution in [3.63, 3.8) is 0 Å². The lowest BCUT2D eigenvalue weighted by Gasteiger charge is -2.32. The fourth-order valence-corrected chi connectivity index (χ4v) is 2.43. The molecule has 1 aliphatic heterocycles. The zero-order valence-electron chi connectivity index (χ0n) is 10.2. The quantitative estimate of drug-likeness (QED) is 0.894. The Hall–Kier alpha value is -1.13. The second kappa shape index (κ2) is 5.67. The minimum atomic E-state index is -0.432. The maximum absolute atomic E-state index is 12.9. The third-order valence-electron chi connectivity index (χ3n) is 3.30. The number of benzene rings is 1. The van der Waals surface area contributed by atoms with E-state index in [1.54, 1.807) is 11.9 Å². The van der Waals surface area contributed by atoms with Crippen molar-refractivity contribution in [2.75, 3.05) is 20.1 Å². The van der Waals surface area contributed by atoms with Crippen LogP contribution in [0.4, 0.5) is 4.39 Å². The Morgan fingerprint density at radius 3 is 2.94 bits per heavy atom. The number of piperidine rings is 1. The molecule has 98 valence electrons. The molecule has 0 spiro atoms. The standard InChI is InChI=1S/C13H16ClFN2O/c1-17(10-3-2-6-16-8-10)13(18)11-5-4-9(15)7-12(11)14/h4-5,7,10,16H,2-3,6,8H2,1H3. The fraction of sp³-hybridized carbons (Fsp3) is 0.462. The summed E-state index contributed by atoms with van der Waals surface area (Å²) in [7, 11) is 1.76. The minimum Gasteiger partial charge on any atom is -0.337 e. The van der Waals surface area contributed by atoms with Crippen LogP contribution in [-0.4, -0.2) is 37.0 Å². The van der Waals surface area contributed by atoms with Crippen LogP contribution in [0.25, 0.3) is 0 Å². The van der Waals surface area contributed by atoms with Crippen LogP contribution in [0.5, 0.6) is 0 Å². The van der Waals surface area contributed by atoms with Gasteiger partial charge in [-0.3, -0.25) is 4.79 Å². The molecule has 1 aromatic carbocycles. The van der Waals surface area contributed by atoms with Crippen molar-refractivity contribution in [1.29, 1.82) is 0 Å². The third-order valence-corrected chi connectivity index (χ3v) is 3.61. The predicted molar refractivity (Wildman–Crippen MR) is 69.4 cm³/mol. The minimum absolute atomic E-state index is 0.159. The molecule has 0 aromatic heterocycles. The van der Waals surface area contributed by atoms with Gasteiger partial charge in [-0.05, 0) is 37.6 Å². The molecule has 2 rings (SSSR count). The van der Waals surface area contributed by atoms with E-state index in [2.05, 4.69) is 5.32 Å². The summed E-state index contributed by atoms with van der Waals surface area (Å²) >= 11 is 5.90. The van der Waals surface area contributed by atoms with Crippen LogP contribution in [0.15, 0.2) is 18.2 Å². The van der Waals surface area contributed by atoms with E-state index in [1.165, 1.54) is 18.2 Å². The maximum Gasteiger partial charge on any atom is 0.255 e. The number of nitrogens with zero attached hydrogens (tertiary/aromatic N) is 1. The number of amides is 1. The first kappa shape index (κ1) is 13.3. The van der Waals surface area contributed by atoms with E-state index >= 15 is 0 Å². The lowest BCUT2D eigenvalue weighted by molar-refractivity contribution is 0.0708. The molecule has 1 amide bonds. The van der Waals surface area contributed by atoms with Gasteiger partial charge in [0.15, 0.2) is 0 Å². The monoisotopic (exact) mass is 270 g/mol. The van der Waals surface area contributed by atoms with Crippen LogP contribution in [0.1, 0.15) is 23.2 Å². The number of hydrogen-bond donors (Lipinski definition) is 1. The molecule has 0 aliphatic carbocycles. The van der Waals surface area contributed by atoms with Crippen molar-refractivity contribution in [2.45, 2.75) is 18.9 Å². The van der Waals surface area contributed by atoms with E-state index in [0.29, 0.717) is 5.56 Å². The van der Waals surface area contributed by atoms with Gasteiger partial charge >= 0.3 is 0 Å². The molecule has 1 fully saturated rings. The molecule has 1 N–H and O–H groups in total. The van der Waals surface area contributed by atoms with Gasteiger partial charge in [0, 0.05) is 19.6 Å². The summed E-state index contributed by atoms with van der Waals surface area (Å²) in [6, 6.07) is 4.04. The first-order chi connectivity index (χ1) is 8.59. The normalized spacial score (nSPS) is 19.6. The van der Waals surface area contributed by atoms with Gasteiger partial charge in [-0.2, -0.15) is 0 Å². The fourth-order valence-electron chi connectivity index (χ4n) is 2.18. The Morgan fingerprint density at radius 1 is 1.56 bits per heavy atom. The zero-order valence-corrected chi connectivity index (χ0v) is 11.0. The van der Waals surface area contributed by atoms with E-state index in [4.69, 9.17) is 11.6 Å². The van der Waals surface area contributed by atoms with Gasteiger partial charge in [0.1, 0.15) is 5.82 Å². The summed E-state index contributed by atoms with van der Waals surface area (Å²) in [4.78, 5) is 14.0. The molecule has 1 atom stereocenters. The van der Waals surface area contributed by atoms with E-state index < -0.39 is 5.82 Å². The Bertz CT molecular complexity index is 447. The molecule has 1 saturated heterocycles. The maximum atomic E-state index is 12.9. The highest BCUT2D eigenvalue weighted by atomic mass is 35.5. The average Bonchev–Trinajstić information content (AvgIpc) is 2.38. The van der Waals surface area contributed by atoms with Crippen molar-refractivity contribution >= 4 is 17.5 Å².